The minimum atomic E-state index is -0.346. The summed E-state index contributed by atoms with van der Waals surface area (Å²) >= 11 is 3.06. The van der Waals surface area contributed by atoms with Gasteiger partial charge in [-0.2, -0.15) is 0 Å². The van der Waals surface area contributed by atoms with Crippen molar-refractivity contribution in [2.45, 2.75) is 18.4 Å². The summed E-state index contributed by atoms with van der Waals surface area (Å²) in [5.74, 6) is 0.427. The Morgan fingerprint density at radius 2 is 2.00 bits per heavy atom. The van der Waals surface area contributed by atoms with Crippen molar-refractivity contribution >= 4 is 33.3 Å². The fraction of sp³-hybridized carbons (Fsp3) is 0.250. The maximum Gasteiger partial charge on any atom is 0.128 e. The van der Waals surface area contributed by atoms with Crippen LogP contribution in [0.2, 0.25) is 0 Å². The van der Waals surface area contributed by atoms with Crippen LogP contribution in [0.25, 0.3) is 21.3 Å². The maximum atomic E-state index is 12.5. The van der Waals surface area contributed by atoms with Gasteiger partial charge >= 0.3 is 0 Å². The second kappa shape index (κ2) is 6.54. The van der Waals surface area contributed by atoms with Crippen LogP contribution >= 0.6 is 23.1 Å². The van der Waals surface area contributed by atoms with Gasteiger partial charge in [0.2, 0.25) is 0 Å². The number of hydrogen-bond acceptors (Lipinski definition) is 4. The van der Waals surface area contributed by atoms with Crippen LogP contribution in [0.3, 0.4) is 0 Å². The third kappa shape index (κ3) is 2.94. The van der Waals surface area contributed by atoms with E-state index in [0.717, 1.165) is 32.8 Å². The molecule has 0 aliphatic rings. The van der Waals surface area contributed by atoms with Crippen molar-refractivity contribution in [3.8, 4) is 11.1 Å². The summed E-state index contributed by atoms with van der Waals surface area (Å²) in [4.78, 5) is 9.62. The molecule has 0 aliphatic heterocycles. The lowest BCUT2D eigenvalue weighted by Crippen LogP contribution is -1.88. The molecule has 3 aromatic rings. The summed E-state index contributed by atoms with van der Waals surface area (Å²) in [7, 11) is 0. The van der Waals surface area contributed by atoms with E-state index in [1.807, 2.05) is 0 Å². The van der Waals surface area contributed by atoms with Gasteiger partial charge in [-0.15, -0.1) is 23.1 Å². The number of nitrogens with zero attached hydrogens (tertiary/aromatic N) is 2. The Balaban J connectivity index is 2.08. The quantitative estimate of drug-likeness (QED) is 0.490. The standard InChI is InChI=1S/C16H15FN2S2/c1-2-11-3-5-12(6-4-11)13-9-21-16-14(13)15(18-10-19-16)20-8-7-17/h3-6,9-10H,2,7-8H2,1H3. The van der Waals surface area contributed by atoms with E-state index < -0.39 is 0 Å². The van der Waals surface area contributed by atoms with Gasteiger partial charge in [0.05, 0.1) is 12.1 Å². The van der Waals surface area contributed by atoms with Crippen molar-refractivity contribution in [2.24, 2.45) is 0 Å². The van der Waals surface area contributed by atoms with Gasteiger partial charge in [0.25, 0.3) is 0 Å². The maximum absolute atomic E-state index is 12.5. The van der Waals surface area contributed by atoms with Gasteiger partial charge < -0.3 is 0 Å². The van der Waals surface area contributed by atoms with Crippen LogP contribution in [-0.4, -0.2) is 22.4 Å². The van der Waals surface area contributed by atoms with E-state index in [-0.39, 0.29) is 6.67 Å². The monoisotopic (exact) mass is 318 g/mol. The van der Waals surface area contributed by atoms with Gasteiger partial charge in [-0.3, -0.25) is 4.39 Å². The Bertz CT molecular complexity index is 738. The first-order valence-corrected chi connectivity index (χ1v) is 8.70. The van der Waals surface area contributed by atoms with Crippen LogP contribution in [0.15, 0.2) is 41.0 Å². The van der Waals surface area contributed by atoms with Gasteiger partial charge in [-0.1, -0.05) is 31.2 Å². The van der Waals surface area contributed by atoms with E-state index in [4.69, 9.17) is 0 Å². The molecule has 5 heteroatoms. The van der Waals surface area contributed by atoms with E-state index in [9.17, 15) is 4.39 Å². The van der Waals surface area contributed by atoms with Crippen LogP contribution in [0.1, 0.15) is 12.5 Å². The van der Waals surface area contributed by atoms with Gasteiger partial charge in [-0.25, -0.2) is 9.97 Å². The van der Waals surface area contributed by atoms with Crippen molar-refractivity contribution in [1.29, 1.82) is 0 Å². The van der Waals surface area contributed by atoms with Crippen LogP contribution in [0.4, 0.5) is 4.39 Å². The minimum absolute atomic E-state index is 0.346. The second-order valence-corrected chi connectivity index (χ2v) is 6.54. The molecule has 0 atom stereocenters. The van der Waals surface area contributed by atoms with E-state index in [2.05, 4.69) is 46.5 Å². The summed E-state index contributed by atoms with van der Waals surface area (Å²) in [6, 6.07) is 8.57. The van der Waals surface area contributed by atoms with E-state index >= 15 is 0 Å². The number of alkyl halides is 1. The molecule has 0 saturated heterocycles. The van der Waals surface area contributed by atoms with Gasteiger partial charge in [0, 0.05) is 16.7 Å². The number of halogens is 1. The largest absolute Gasteiger partial charge is 0.250 e. The summed E-state index contributed by atoms with van der Waals surface area (Å²) < 4.78 is 12.5. The SMILES string of the molecule is CCc1ccc(-c2csc3ncnc(SCCF)c23)cc1. The van der Waals surface area contributed by atoms with E-state index in [1.54, 1.807) is 17.7 Å². The zero-order valence-electron chi connectivity index (χ0n) is 11.7. The van der Waals surface area contributed by atoms with Crippen molar-refractivity contribution < 1.29 is 4.39 Å². The molecule has 3 rings (SSSR count). The summed E-state index contributed by atoms with van der Waals surface area (Å²) in [5, 5.41) is 4.03. The molecular weight excluding hydrogens is 303 g/mol. The van der Waals surface area contributed by atoms with Gasteiger partial charge in [0.1, 0.15) is 16.2 Å². The molecule has 0 N–H and O–H groups in total. The van der Waals surface area contributed by atoms with E-state index in [0.29, 0.717) is 5.75 Å². The highest BCUT2D eigenvalue weighted by molar-refractivity contribution is 7.99. The number of hydrogen-bond donors (Lipinski definition) is 0. The Morgan fingerprint density at radius 3 is 2.71 bits per heavy atom. The second-order valence-electron chi connectivity index (χ2n) is 4.60. The Kier molecular flexibility index (Phi) is 4.51. The average molecular weight is 318 g/mol. The topological polar surface area (TPSA) is 25.8 Å². The first-order chi connectivity index (χ1) is 10.3. The highest BCUT2D eigenvalue weighted by atomic mass is 32.2. The van der Waals surface area contributed by atoms with Crippen molar-refractivity contribution in [1.82, 2.24) is 9.97 Å². The highest BCUT2D eigenvalue weighted by Gasteiger charge is 2.13. The normalized spacial score (nSPS) is 11.1. The fourth-order valence-electron chi connectivity index (χ4n) is 2.22. The van der Waals surface area contributed by atoms with Crippen LogP contribution in [0, 0.1) is 0 Å². The Hall–Kier alpha value is -1.46. The van der Waals surface area contributed by atoms with Crippen LogP contribution < -0.4 is 0 Å². The average Bonchev–Trinajstić information content (AvgIpc) is 2.97. The first-order valence-electron chi connectivity index (χ1n) is 6.83. The molecule has 108 valence electrons. The molecule has 0 radical (unpaired) electrons. The highest BCUT2D eigenvalue weighted by Crippen LogP contribution is 2.37. The lowest BCUT2D eigenvalue weighted by Gasteiger charge is -2.05. The molecule has 1 aromatic carbocycles. The van der Waals surface area contributed by atoms with Crippen LogP contribution in [-0.2, 0) is 6.42 Å². The number of aryl methyl sites for hydroxylation is 1. The molecule has 2 aromatic heterocycles. The lowest BCUT2D eigenvalue weighted by molar-refractivity contribution is 0.532. The first kappa shape index (κ1) is 14.5. The number of thiophene rings is 1. The molecular formula is C16H15FN2S2. The summed E-state index contributed by atoms with van der Waals surface area (Å²) in [6.07, 6.45) is 2.59. The molecule has 0 saturated carbocycles. The predicted molar refractivity (Wildman–Crippen MR) is 88.9 cm³/mol. The lowest BCUT2D eigenvalue weighted by atomic mass is 10.0. The molecule has 2 nitrogen and oxygen atoms in total. The van der Waals surface area contributed by atoms with Crippen molar-refractivity contribution in [3.63, 3.8) is 0 Å². The van der Waals surface area contributed by atoms with Crippen molar-refractivity contribution in [3.05, 3.63) is 41.5 Å². The van der Waals surface area contributed by atoms with Gasteiger partial charge in [0.15, 0.2) is 0 Å². The fourth-order valence-corrected chi connectivity index (χ4v) is 3.95. The van der Waals surface area contributed by atoms with Gasteiger partial charge in [-0.05, 0) is 17.5 Å². The summed E-state index contributed by atoms with van der Waals surface area (Å²) in [6.45, 7) is 1.80. The molecule has 0 amide bonds. The molecule has 0 aliphatic carbocycles. The number of aromatic nitrogens is 2. The third-order valence-electron chi connectivity index (χ3n) is 3.32. The molecule has 0 spiro atoms. The Labute approximate surface area is 131 Å². The molecule has 0 bridgehead atoms. The smallest absolute Gasteiger partial charge is 0.128 e. The number of benzene rings is 1. The van der Waals surface area contributed by atoms with Crippen LogP contribution in [0.5, 0.6) is 0 Å². The molecule has 2 heterocycles. The Morgan fingerprint density at radius 1 is 1.19 bits per heavy atom. The number of rotatable bonds is 5. The molecule has 0 fully saturated rings. The van der Waals surface area contributed by atoms with E-state index in [1.165, 1.54) is 17.3 Å². The predicted octanol–water partition coefficient (Wildman–Crippen LogP) is 4.98. The molecule has 21 heavy (non-hydrogen) atoms. The molecule has 0 unspecified atom stereocenters. The number of thioether (sulfide) groups is 1. The zero-order chi connectivity index (χ0) is 14.7. The number of fused-ring (bicyclic) bond motifs is 1. The van der Waals surface area contributed by atoms with Crippen molar-refractivity contribution in [2.75, 3.05) is 12.4 Å². The summed E-state index contributed by atoms with van der Waals surface area (Å²) in [5.41, 5.74) is 3.62. The minimum Gasteiger partial charge on any atom is -0.250 e. The third-order valence-corrected chi connectivity index (χ3v) is 5.15. The zero-order valence-corrected chi connectivity index (χ0v) is 13.3.